The Hall–Kier alpha value is -2.13. The quantitative estimate of drug-likeness (QED) is 0.901. The van der Waals surface area contributed by atoms with Crippen LogP contribution in [0.15, 0.2) is 48.5 Å². The molecule has 0 aliphatic heterocycles. The van der Waals surface area contributed by atoms with E-state index < -0.39 is 0 Å². The summed E-state index contributed by atoms with van der Waals surface area (Å²) in [6, 6.07) is 17.1. The maximum absolute atomic E-state index is 11.0. The first kappa shape index (κ1) is 13.8. The second-order valence-corrected chi connectivity index (χ2v) is 5.55. The molecule has 1 amide bonds. The van der Waals surface area contributed by atoms with E-state index in [1.807, 2.05) is 12.1 Å². The number of benzene rings is 2. The average Bonchev–Trinajstić information content (AvgIpc) is 2.89. The second-order valence-electron chi connectivity index (χ2n) is 5.55. The molecule has 2 aromatic carbocycles. The summed E-state index contributed by atoms with van der Waals surface area (Å²) < 4.78 is 0. The lowest BCUT2D eigenvalue weighted by atomic mass is 10.1. The van der Waals surface area contributed by atoms with Gasteiger partial charge in [0.25, 0.3) is 0 Å². The first-order valence-electron chi connectivity index (χ1n) is 7.40. The molecule has 1 atom stereocenters. The normalized spacial score (nSPS) is 16.5. The van der Waals surface area contributed by atoms with Crippen LogP contribution in [0.5, 0.6) is 0 Å². The van der Waals surface area contributed by atoms with Gasteiger partial charge in [-0.2, -0.15) is 0 Å². The third-order valence-corrected chi connectivity index (χ3v) is 3.96. The van der Waals surface area contributed by atoms with Crippen LogP contribution in [0.4, 0.5) is 5.69 Å². The van der Waals surface area contributed by atoms with Crippen molar-refractivity contribution in [2.24, 2.45) is 0 Å². The molecule has 0 bridgehead atoms. The zero-order valence-corrected chi connectivity index (χ0v) is 12.2. The van der Waals surface area contributed by atoms with Gasteiger partial charge >= 0.3 is 0 Å². The topological polar surface area (TPSA) is 41.1 Å². The van der Waals surface area contributed by atoms with E-state index >= 15 is 0 Å². The van der Waals surface area contributed by atoms with E-state index in [1.54, 1.807) is 0 Å². The van der Waals surface area contributed by atoms with Gasteiger partial charge in [-0.25, -0.2) is 0 Å². The average molecular weight is 280 g/mol. The van der Waals surface area contributed by atoms with Crippen LogP contribution in [-0.4, -0.2) is 5.91 Å². The molecule has 1 unspecified atom stereocenters. The van der Waals surface area contributed by atoms with E-state index in [0.29, 0.717) is 6.04 Å². The SMILES string of the molecule is CC(=O)Nc1ccc(CNC2CCc3ccccc32)cc1. The third-order valence-electron chi connectivity index (χ3n) is 3.96. The molecule has 0 aromatic heterocycles. The number of anilines is 1. The van der Waals surface area contributed by atoms with Crippen LogP contribution in [0.25, 0.3) is 0 Å². The molecule has 0 fully saturated rings. The highest BCUT2D eigenvalue weighted by Gasteiger charge is 2.20. The van der Waals surface area contributed by atoms with Crippen molar-refractivity contribution >= 4 is 11.6 Å². The van der Waals surface area contributed by atoms with Crippen LogP contribution in [0.1, 0.15) is 36.1 Å². The molecular weight excluding hydrogens is 260 g/mol. The van der Waals surface area contributed by atoms with Gasteiger partial charge in [-0.3, -0.25) is 4.79 Å². The molecule has 3 nitrogen and oxygen atoms in total. The minimum atomic E-state index is -0.0385. The first-order chi connectivity index (χ1) is 10.2. The number of hydrogen-bond donors (Lipinski definition) is 2. The van der Waals surface area contributed by atoms with Crippen molar-refractivity contribution in [1.82, 2.24) is 5.32 Å². The lowest BCUT2D eigenvalue weighted by Crippen LogP contribution is -2.18. The van der Waals surface area contributed by atoms with Crippen molar-refractivity contribution in [2.45, 2.75) is 32.4 Å². The highest BCUT2D eigenvalue weighted by molar-refractivity contribution is 5.88. The number of aryl methyl sites for hydroxylation is 1. The molecule has 0 radical (unpaired) electrons. The molecule has 3 rings (SSSR count). The molecule has 3 heteroatoms. The van der Waals surface area contributed by atoms with Crippen molar-refractivity contribution < 1.29 is 4.79 Å². The second kappa shape index (κ2) is 6.10. The van der Waals surface area contributed by atoms with Crippen molar-refractivity contribution in [1.29, 1.82) is 0 Å². The fourth-order valence-electron chi connectivity index (χ4n) is 2.92. The van der Waals surface area contributed by atoms with Crippen LogP contribution in [0.3, 0.4) is 0 Å². The van der Waals surface area contributed by atoms with E-state index in [0.717, 1.165) is 18.7 Å². The summed E-state index contributed by atoms with van der Waals surface area (Å²) in [4.78, 5) is 11.0. The molecule has 108 valence electrons. The minimum Gasteiger partial charge on any atom is -0.326 e. The smallest absolute Gasteiger partial charge is 0.221 e. The Morgan fingerprint density at radius 1 is 1.14 bits per heavy atom. The third kappa shape index (κ3) is 3.31. The monoisotopic (exact) mass is 280 g/mol. The van der Waals surface area contributed by atoms with Gasteiger partial charge in [0.05, 0.1) is 0 Å². The Kier molecular flexibility index (Phi) is 4.02. The number of amides is 1. The highest BCUT2D eigenvalue weighted by atomic mass is 16.1. The molecule has 1 aliphatic rings. The number of carbonyl (C=O) groups excluding carboxylic acids is 1. The summed E-state index contributed by atoms with van der Waals surface area (Å²) in [5, 5.41) is 6.41. The van der Waals surface area contributed by atoms with Gasteiger partial charge in [0.15, 0.2) is 0 Å². The lowest BCUT2D eigenvalue weighted by Gasteiger charge is -2.14. The number of carbonyl (C=O) groups is 1. The maximum atomic E-state index is 11.0. The molecule has 2 aromatic rings. The highest BCUT2D eigenvalue weighted by Crippen LogP contribution is 2.30. The fourth-order valence-corrected chi connectivity index (χ4v) is 2.92. The molecule has 0 saturated heterocycles. The molecule has 2 N–H and O–H groups in total. The maximum Gasteiger partial charge on any atom is 0.221 e. The van der Waals surface area contributed by atoms with Gasteiger partial charge < -0.3 is 10.6 Å². The fraction of sp³-hybridized carbons (Fsp3) is 0.278. The number of rotatable bonds is 4. The summed E-state index contributed by atoms with van der Waals surface area (Å²) in [6.07, 6.45) is 2.33. The van der Waals surface area contributed by atoms with Crippen LogP contribution < -0.4 is 10.6 Å². The number of hydrogen-bond acceptors (Lipinski definition) is 2. The van der Waals surface area contributed by atoms with E-state index in [9.17, 15) is 4.79 Å². The van der Waals surface area contributed by atoms with Gasteiger partial charge in [0.1, 0.15) is 0 Å². The largest absolute Gasteiger partial charge is 0.326 e. The van der Waals surface area contributed by atoms with Gasteiger partial charge in [-0.1, -0.05) is 36.4 Å². The van der Waals surface area contributed by atoms with Crippen molar-refractivity contribution in [3.8, 4) is 0 Å². The van der Waals surface area contributed by atoms with Crippen molar-refractivity contribution in [3.05, 3.63) is 65.2 Å². The van der Waals surface area contributed by atoms with Crippen LogP contribution in [0, 0.1) is 0 Å². The van der Waals surface area contributed by atoms with Crippen molar-refractivity contribution in [2.75, 3.05) is 5.32 Å². The molecular formula is C18H20N2O. The molecule has 0 saturated carbocycles. The standard InChI is InChI=1S/C18H20N2O/c1-13(21)20-16-9-6-14(7-10-16)12-19-18-11-8-15-4-2-3-5-17(15)18/h2-7,9-10,18-19H,8,11-12H2,1H3,(H,20,21). The Balaban J connectivity index is 1.60. The van der Waals surface area contributed by atoms with E-state index in [-0.39, 0.29) is 5.91 Å². The molecule has 0 heterocycles. The molecule has 0 spiro atoms. The summed E-state index contributed by atoms with van der Waals surface area (Å²) >= 11 is 0. The van der Waals surface area contributed by atoms with E-state index in [4.69, 9.17) is 0 Å². The predicted molar refractivity (Wildman–Crippen MR) is 85.1 cm³/mol. The Morgan fingerprint density at radius 2 is 1.90 bits per heavy atom. The first-order valence-corrected chi connectivity index (χ1v) is 7.40. The Morgan fingerprint density at radius 3 is 2.67 bits per heavy atom. The zero-order valence-electron chi connectivity index (χ0n) is 12.2. The van der Waals surface area contributed by atoms with Gasteiger partial charge in [0, 0.05) is 25.2 Å². The van der Waals surface area contributed by atoms with Crippen LogP contribution in [0.2, 0.25) is 0 Å². The number of nitrogens with one attached hydrogen (secondary N) is 2. The summed E-state index contributed by atoms with van der Waals surface area (Å²) in [5.74, 6) is -0.0385. The molecule has 21 heavy (non-hydrogen) atoms. The minimum absolute atomic E-state index is 0.0385. The Bertz CT molecular complexity index is 634. The zero-order chi connectivity index (χ0) is 14.7. The van der Waals surface area contributed by atoms with Crippen molar-refractivity contribution in [3.63, 3.8) is 0 Å². The van der Waals surface area contributed by atoms with Gasteiger partial charge in [0.2, 0.25) is 5.91 Å². The predicted octanol–water partition coefficient (Wildman–Crippen LogP) is 3.42. The van der Waals surface area contributed by atoms with Crippen LogP contribution >= 0.6 is 0 Å². The summed E-state index contributed by atoms with van der Waals surface area (Å²) in [5.41, 5.74) is 4.98. The Labute approximate surface area is 125 Å². The summed E-state index contributed by atoms with van der Waals surface area (Å²) in [6.45, 7) is 2.37. The molecule has 1 aliphatic carbocycles. The summed E-state index contributed by atoms with van der Waals surface area (Å²) in [7, 11) is 0. The van der Waals surface area contributed by atoms with E-state index in [1.165, 1.54) is 30.0 Å². The van der Waals surface area contributed by atoms with E-state index in [2.05, 4.69) is 47.0 Å². The number of fused-ring (bicyclic) bond motifs is 1. The van der Waals surface area contributed by atoms with Gasteiger partial charge in [-0.05, 0) is 41.7 Å². The van der Waals surface area contributed by atoms with Crippen LogP contribution in [-0.2, 0) is 17.8 Å². The lowest BCUT2D eigenvalue weighted by molar-refractivity contribution is -0.114. The van der Waals surface area contributed by atoms with Gasteiger partial charge in [-0.15, -0.1) is 0 Å².